The lowest BCUT2D eigenvalue weighted by Crippen LogP contribution is -2.06. The second-order valence-corrected chi connectivity index (χ2v) is 17.5. The first-order valence-corrected chi connectivity index (χ1v) is 21.6. The van der Waals surface area contributed by atoms with E-state index in [-0.39, 0.29) is 0 Å². The Labute approximate surface area is 347 Å². The zero-order valence-electron chi connectivity index (χ0n) is 32.9. The van der Waals surface area contributed by atoms with Crippen LogP contribution in [0.2, 0.25) is 0 Å². The van der Waals surface area contributed by atoms with Gasteiger partial charge >= 0.3 is 0 Å². The molecule has 0 saturated carbocycles. The van der Waals surface area contributed by atoms with Gasteiger partial charge in [-0.15, -0.1) is 0 Å². The Morgan fingerprint density at radius 3 is 1.80 bits per heavy atom. The molecule has 8 heteroatoms. The number of hydrogen-bond acceptors (Lipinski definition) is 5. The molecule has 1 atom stereocenters. The van der Waals surface area contributed by atoms with E-state index in [0.717, 1.165) is 76.7 Å². The number of allylic oxidation sites excluding steroid dienone is 11. The van der Waals surface area contributed by atoms with Crippen molar-refractivity contribution < 1.29 is 4.57 Å². The van der Waals surface area contributed by atoms with E-state index in [2.05, 4.69) is 121 Å². The van der Waals surface area contributed by atoms with Crippen LogP contribution in [0.3, 0.4) is 0 Å². The zero-order chi connectivity index (χ0) is 40.6. The third-order valence-electron chi connectivity index (χ3n) is 11.1. The Bertz CT molecular complexity index is 3320. The lowest BCUT2D eigenvalue weighted by atomic mass is 10.1. The minimum atomic E-state index is -3.31. The topological polar surface area (TPSA) is 78.5 Å². The highest BCUT2D eigenvalue weighted by Crippen LogP contribution is 2.60. The van der Waals surface area contributed by atoms with Gasteiger partial charge < -0.3 is 13.7 Å². The largest absolute Gasteiger partial charge is 0.311 e. The van der Waals surface area contributed by atoms with E-state index in [4.69, 9.17) is 0 Å². The molecule has 0 bridgehead atoms. The molecule has 0 saturated heterocycles. The van der Waals surface area contributed by atoms with Gasteiger partial charge in [-0.25, -0.2) is 19.9 Å². The highest BCUT2D eigenvalue weighted by Gasteiger charge is 2.31. The second-order valence-electron chi connectivity index (χ2n) is 14.7. The van der Waals surface area contributed by atoms with E-state index in [1.165, 1.54) is 0 Å². The van der Waals surface area contributed by atoms with E-state index in [9.17, 15) is 0 Å². The molecule has 7 nitrogen and oxygen atoms in total. The number of hydrogen-bond donors (Lipinski definition) is 0. The molecule has 60 heavy (non-hydrogen) atoms. The Morgan fingerprint density at radius 1 is 0.633 bits per heavy atom. The summed E-state index contributed by atoms with van der Waals surface area (Å²) >= 11 is 0. The molecule has 288 valence electrons. The maximum Gasteiger partial charge on any atom is 0.170 e. The van der Waals surface area contributed by atoms with Crippen molar-refractivity contribution in [2.45, 2.75) is 13.3 Å². The summed E-state index contributed by atoms with van der Waals surface area (Å²) in [7, 11) is -3.31. The summed E-state index contributed by atoms with van der Waals surface area (Å²) in [6.45, 7) is 6.34. The number of benzene rings is 5. The molecule has 9 aromatic rings. The first-order valence-electron chi connectivity index (χ1n) is 19.9. The van der Waals surface area contributed by atoms with Crippen molar-refractivity contribution in [1.29, 1.82) is 0 Å². The minimum Gasteiger partial charge on any atom is -0.311 e. The van der Waals surface area contributed by atoms with Gasteiger partial charge in [-0.1, -0.05) is 104 Å². The van der Waals surface area contributed by atoms with Gasteiger partial charge in [0, 0.05) is 91.2 Å². The van der Waals surface area contributed by atoms with Crippen molar-refractivity contribution in [2.24, 2.45) is 0 Å². The Kier molecular flexibility index (Phi) is 9.44. The van der Waals surface area contributed by atoms with Gasteiger partial charge in [0.25, 0.3) is 0 Å². The van der Waals surface area contributed by atoms with Gasteiger partial charge in [0.15, 0.2) is 18.8 Å². The Hall–Kier alpha value is -7.47. The monoisotopic (exact) mass is 794 g/mol. The minimum absolute atomic E-state index is 0.571. The normalized spacial score (nSPS) is 14.3. The molecule has 0 N–H and O–H groups in total. The van der Waals surface area contributed by atoms with Crippen LogP contribution in [0.25, 0.3) is 77.8 Å². The molecule has 0 aliphatic heterocycles. The van der Waals surface area contributed by atoms with Crippen molar-refractivity contribution in [3.8, 4) is 28.5 Å². The number of nitrogens with zero attached hydrogens (tertiary/aromatic N) is 6. The third kappa shape index (κ3) is 6.19. The van der Waals surface area contributed by atoms with Crippen LogP contribution in [0.15, 0.2) is 212 Å². The van der Waals surface area contributed by atoms with E-state index in [1.54, 1.807) is 24.8 Å². The van der Waals surface area contributed by atoms with Gasteiger partial charge in [0.1, 0.15) is 0 Å². The Morgan fingerprint density at radius 2 is 1.20 bits per heavy atom. The highest BCUT2D eigenvalue weighted by atomic mass is 31.2. The smallest absolute Gasteiger partial charge is 0.170 e. The number of fused-ring (bicyclic) bond motifs is 7. The molecule has 0 amide bonds. The molecular formula is C52H39N6OP. The van der Waals surface area contributed by atoms with Crippen LogP contribution in [0.5, 0.6) is 0 Å². The van der Waals surface area contributed by atoms with E-state index in [1.807, 2.05) is 91.9 Å². The van der Waals surface area contributed by atoms with E-state index >= 15 is 4.57 Å². The van der Waals surface area contributed by atoms with Gasteiger partial charge in [-0.05, 0) is 79.7 Å². The van der Waals surface area contributed by atoms with Crippen LogP contribution in [0, 0.1) is 0 Å². The lowest BCUT2D eigenvalue weighted by Gasteiger charge is -2.20. The summed E-state index contributed by atoms with van der Waals surface area (Å²) in [5.74, 6) is 1.34. The van der Waals surface area contributed by atoms with Crippen LogP contribution >= 0.6 is 7.14 Å². The van der Waals surface area contributed by atoms with E-state index < -0.39 is 7.14 Å². The maximum atomic E-state index is 15.5. The maximum absolute atomic E-state index is 15.5. The average molecular weight is 795 g/mol. The molecule has 5 aromatic carbocycles. The van der Waals surface area contributed by atoms with Crippen LogP contribution in [0.1, 0.15) is 13.3 Å². The van der Waals surface area contributed by atoms with Crippen molar-refractivity contribution >= 4 is 61.8 Å². The first kappa shape index (κ1) is 36.8. The molecule has 10 rings (SSSR count). The third-order valence-corrected chi connectivity index (χ3v) is 14.2. The predicted molar refractivity (Wildman–Crippen MR) is 249 cm³/mol. The molecule has 1 aliphatic carbocycles. The van der Waals surface area contributed by atoms with Gasteiger partial charge in [-0.3, -0.25) is 0 Å². The van der Waals surface area contributed by atoms with E-state index in [0.29, 0.717) is 23.4 Å². The zero-order valence-corrected chi connectivity index (χ0v) is 33.8. The molecule has 0 spiro atoms. The number of rotatable bonds is 9. The fraction of sp³-hybridized carbons (Fsp3) is 0.0385. The fourth-order valence-corrected chi connectivity index (χ4v) is 10.9. The first-order chi connectivity index (χ1) is 29.5. The van der Waals surface area contributed by atoms with Crippen molar-refractivity contribution in [1.82, 2.24) is 29.1 Å². The summed E-state index contributed by atoms with van der Waals surface area (Å²) in [6.07, 6.45) is 23.7. The van der Waals surface area contributed by atoms with Crippen molar-refractivity contribution in [3.63, 3.8) is 0 Å². The summed E-state index contributed by atoms with van der Waals surface area (Å²) in [6, 6.07) is 41.4. The van der Waals surface area contributed by atoms with Crippen molar-refractivity contribution in [2.75, 3.05) is 0 Å². The molecule has 0 fully saturated rings. The molecular weight excluding hydrogens is 756 g/mol. The van der Waals surface area contributed by atoms with Gasteiger partial charge in [-0.2, -0.15) is 0 Å². The molecule has 0 radical (unpaired) electrons. The average Bonchev–Trinajstić information content (AvgIpc) is 3.70. The predicted octanol–water partition coefficient (Wildman–Crippen LogP) is 12.8. The summed E-state index contributed by atoms with van der Waals surface area (Å²) in [4.78, 5) is 18.4. The fourth-order valence-electron chi connectivity index (χ4n) is 8.40. The Balaban J connectivity index is 1.28. The number of para-hydroxylation sites is 1. The quantitative estimate of drug-likeness (QED) is 0.107. The van der Waals surface area contributed by atoms with Gasteiger partial charge in [0.05, 0.1) is 22.1 Å². The van der Waals surface area contributed by atoms with Crippen LogP contribution in [-0.4, -0.2) is 29.1 Å². The molecule has 1 aliphatic rings. The molecule has 1 unspecified atom stereocenters. The summed E-state index contributed by atoms with van der Waals surface area (Å²) in [5, 5.41) is 6.42. The van der Waals surface area contributed by atoms with Crippen molar-refractivity contribution in [3.05, 3.63) is 212 Å². The highest BCUT2D eigenvalue weighted by molar-refractivity contribution is 7.79. The molecule has 4 aromatic heterocycles. The molecule has 4 heterocycles. The lowest BCUT2D eigenvalue weighted by molar-refractivity contribution is 0.589. The van der Waals surface area contributed by atoms with Gasteiger partial charge in [0.2, 0.25) is 0 Å². The van der Waals surface area contributed by atoms with Crippen LogP contribution in [0.4, 0.5) is 0 Å². The standard InChI is InChI=1S/C52H39N6OP/c1-3-4-7-15-36(2)60(59,41-19-10-6-11-20-41)42-21-12-18-40(24-25-42)58-48-29-23-38(52-55-32-14-33-56-52)35-46(48)44-27-26-43-45-34-37(51-53-30-13-31-54-51)22-28-47(45)57(49(43)50(44)58)39-16-8-5-9-17-39/h3-17,19-35H,2,18H2,1H3/b4-3-,15-7-. The second kappa shape index (κ2) is 15.4. The van der Waals surface area contributed by atoms with Crippen LogP contribution in [-0.2, 0) is 4.57 Å². The summed E-state index contributed by atoms with van der Waals surface area (Å²) in [5.41, 5.74) is 8.22. The number of aromatic nitrogens is 6. The SMILES string of the molecule is C=C(/C=C\C=C/C)P(=O)(C1=CC=C(n2c3ccc(-c4ncccn4)cc3c3ccc4c5cc(-c6ncccn6)ccc5n(-c5ccccc5)c4c32)CC=C1)c1ccccc1. The van der Waals surface area contributed by atoms with Crippen LogP contribution < -0.4 is 5.30 Å². The summed E-state index contributed by atoms with van der Waals surface area (Å²) < 4.78 is 20.2.